The summed E-state index contributed by atoms with van der Waals surface area (Å²) in [7, 11) is 0. The fourth-order valence-electron chi connectivity index (χ4n) is 5.71. The van der Waals surface area contributed by atoms with E-state index in [-0.39, 0.29) is 0 Å². The first-order valence-corrected chi connectivity index (χ1v) is 11.9. The average Bonchev–Trinajstić information content (AvgIpc) is 3.04. The Hall–Kier alpha value is -1.37. The molecule has 3 fully saturated rings. The molecule has 1 atom stereocenters. The number of rotatable bonds is 9. The minimum Gasteiger partial charge on any atom is -0.303 e. The van der Waals surface area contributed by atoms with Gasteiger partial charge in [-0.05, 0) is 83.6 Å². The van der Waals surface area contributed by atoms with Crippen molar-refractivity contribution in [1.29, 1.82) is 5.26 Å². The van der Waals surface area contributed by atoms with Gasteiger partial charge in [0.1, 0.15) is 0 Å². The molecule has 0 aromatic heterocycles. The summed E-state index contributed by atoms with van der Waals surface area (Å²) in [5, 5.41) is 10.4. The maximum Gasteiger partial charge on any atom is 0.0846 e. The predicted molar refractivity (Wildman–Crippen MR) is 122 cm³/mol. The molecule has 1 aromatic carbocycles. The molecule has 1 saturated carbocycles. The molecule has 3 nitrogen and oxygen atoms in total. The van der Waals surface area contributed by atoms with Gasteiger partial charge < -0.3 is 4.90 Å². The zero-order valence-electron chi connectivity index (χ0n) is 19.1. The maximum absolute atomic E-state index is 10.4. The van der Waals surface area contributed by atoms with Gasteiger partial charge in [0.25, 0.3) is 0 Å². The molecule has 0 amide bonds. The number of benzene rings is 1. The van der Waals surface area contributed by atoms with Gasteiger partial charge in [0.15, 0.2) is 0 Å². The maximum atomic E-state index is 10.4. The van der Waals surface area contributed by atoms with Crippen LogP contribution in [0.15, 0.2) is 30.3 Å². The van der Waals surface area contributed by atoms with Crippen molar-refractivity contribution in [3.05, 3.63) is 35.9 Å². The highest BCUT2D eigenvalue weighted by Gasteiger charge is 2.35. The van der Waals surface area contributed by atoms with Gasteiger partial charge in [-0.1, -0.05) is 30.3 Å². The van der Waals surface area contributed by atoms with Gasteiger partial charge >= 0.3 is 0 Å². The first-order valence-electron chi connectivity index (χ1n) is 11.9. The van der Waals surface area contributed by atoms with Crippen LogP contribution in [0.2, 0.25) is 0 Å². The standard InChI is InChI=1S/C26H41N3/c1-21(2)29(22(3)4)17-15-26(20-27,25-8-6-5-7-9-25)14-16-28-18-23-10-11-24(19-28)13-12-23/h5-9,21-24H,10-19H2,1-4H3. The Morgan fingerprint density at radius 1 is 0.966 bits per heavy atom. The van der Waals surface area contributed by atoms with Gasteiger partial charge in [0.2, 0.25) is 0 Å². The number of hydrogen-bond acceptors (Lipinski definition) is 3. The minimum atomic E-state index is -0.394. The van der Waals surface area contributed by atoms with Gasteiger partial charge in [-0.2, -0.15) is 5.26 Å². The lowest BCUT2D eigenvalue weighted by Crippen LogP contribution is -2.42. The normalized spacial score (nSPS) is 24.6. The fourth-order valence-corrected chi connectivity index (χ4v) is 5.71. The third kappa shape index (κ3) is 5.62. The monoisotopic (exact) mass is 395 g/mol. The molecule has 1 unspecified atom stereocenters. The summed E-state index contributed by atoms with van der Waals surface area (Å²) < 4.78 is 0. The summed E-state index contributed by atoms with van der Waals surface area (Å²) >= 11 is 0. The van der Waals surface area contributed by atoms with E-state index in [1.165, 1.54) is 44.3 Å². The zero-order valence-corrected chi connectivity index (χ0v) is 19.1. The van der Waals surface area contributed by atoms with Gasteiger partial charge in [-0.15, -0.1) is 0 Å². The van der Waals surface area contributed by atoms with Crippen LogP contribution in [0.25, 0.3) is 0 Å². The van der Waals surface area contributed by atoms with Gasteiger partial charge in [-0.3, -0.25) is 4.90 Å². The third-order valence-electron chi connectivity index (χ3n) is 7.52. The molecule has 0 radical (unpaired) electrons. The SMILES string of the molecule is CC(C)N(CCC(C#N)(CCN1CC2CCC(CC2)C1)c1ccccc1)C(C)C. The summed E-state index contributed by atoms with van der Waals surface area (Å²) in [5.41, 5.74) is 0.807. The highest BCUT2D eigenvalue weighted by Crippen LogP contribution is 2.36. The molecular formula is C26H41N3. The van der Waals surface area contributed by atoms with Crippen LogP contribution in [0.1, 0.15) is 71.8 Å². The Morgan fingerprint density at radius 3 is 2.00 bits per heavy atom. The van der Waals surface area contributed by atoms with Crippen LogP contribution in [-0.4, -0.2) is 48.1 Å². The average molecular weight is 396 g/mol. The molecule has 0 N–H and O–H groups in total. The number of nitrogens with zero attached hydrogens (tertiary/aromatic N) is 3. The Labute approximate surface area is 179 Å². The van der Waals surface area contributed by atoms with E-state index in [1.807, 2.05) is 0 Å². The van der Waals surface area contributed by atoms with Crippen LogP contribution in [0, 0.1) is 23.2 Å². The van der Waals surface area contributed by atoms with Crippen molar-refractivity contribution >= 4 is 0 Å². The van der Waals surface area contributed by atoms with Crippen LogP contribution in [0.3, 0.4) is 0 Å². The molecule has 29 heavy (non-hydrogen) atoms. The van der Waals surface area contributed by atoms with Crippen molar-refractivity contribution in [1.82, 2.24) is 9.80 Å². The second-order valence-electron chi connectivity index (χ2n) is 10.1. The lowest BCUT2D eigenvalue weighted by atomic mass is 9.75. The highest BCUT2D eigenvalue weighted by atomic mass is 15.2. The van der Waals surface area contributed by atoms with Gasteiger partial charge in [-0.25, -0.2) is 0 Å². The summed E-state index contributed by atoms with van der Waals surface area (Å²) in [6.07, 6.45) is 7.52. The number of fused-ring (bicyclic) bond motifs is 4. The number of hydrogen-bond donors (Lipinski definition) is 0. The van der Waals surface area contributed by atoms with Gasteiger partial charge in [0, 0.05) is 38.3 Å². The Bertz CT molecular complexity index is 632. The van der Waals surface area contributed by atoms with Crippen LogP contribution in [0.5, 0.6) is 0 Å². The van der Waals surface area contributed by atoms with E-state index in [9.17, 15) is 5.26 Å². The van der Waals surface area contributed by atoms with Crippen molar-refractivity contribution < 1.29 is 0 Å². The molecule has 2 aliphatic heterocycles. The lowest BCUT2D eigenvalue weighted by Gasteiger charge is -2.36. The summed E-state index contributed by atoms with van der Waals surface area (Å²) in [6, 6.07) is 14.4. The summed E-state index contributed by atoms with van der Waals surface area (Å²) in [4.78, 5) is 5.22. The van der Waals surface area contributed by atoms with E-state index < -0.39 is 5.41 Å². The molecule has 0 spiro atoms. The first kappa shape index (κ1) is 22.3. The Morgan fingerprint density at radius 2 is 1.52 bits per heavy atom. The van der Waals surface area contributed by atoms with E-state index in [1.54, 1.807) is 0 Å². The molecule has 3 heteroatoms. The molecule has 3 aliphatic rings. The van der Waals surface area contributed by atoms with E-state index in [0.29, 0.717) is 12.1 Å². The van der Waals surface area contributed by atoms with E-state index >= 15 is 0 Å². The van der Waals surface area contributed by atoms with Gasteiger partial charge in [0.05, 0.1) is 11.5 Å². The Kier molecular flexibility index (Phi) is 7.77. The van der Waals surface area contributed by atoms with E-state index in [2.05, 4.69) is 73.9 Å². The van der Waals surface area contributed by atoms with Crippen molar-refractivity contribution in [3.63, 3.8) is 0 Å². The first-order chi connectivity index (χ1) is 13.9. The highest BCUT2D eigenvalue weighted by molar-refractivity contribution is 5.32. The molecule has 1 aliphatic carbocycles. The molecular weight excluding hydrogens is 354 g/mol. The molecule has 2 bridgehead atoms. The van der Waals surface area contributed by atoms with E-state index in [0.717, 1.165) is 37.8 Å². The number of nitriles is 1. The largest absolute Gasteiger partial charge is 0.303 e. The van der Waals surface area contributed by atoms with Crippen molar-refractivity contribution in [2.75, 3.05) is 26.2 Å². The molecule has 2 saturated heterocycles. The smallest absolute Gasteiger partial charge is 0.0846 e. The zero-order chi connectivity index (χ0) is 20.9. The van der Waals surface area contributed by atoms with Crippen LogP contribution in [-0.2, 0) is 5.41 Å². The third-order valence-corrected chi connectivity index (χ3v) is 7.52. The van der Waals surface area contributed by atoms with Crippen molar-refractivity contribution in [2.24, 2.45) is 11.8 Å². The fraction of sp³-hybridized carbons (Fsp3) is 0.731. The van der Waals surface area contributed by atoms with Crippen LogP contribution in [0.4, 0.5) is 0 Å². The summed E-state index contributed by atoms with van der Waals surface area (Å²) in [5.74, 6) is 1.78. The van der Waals surface area contributed by atoms with Crippen LogP contribution < -0.4 is 0 Å². The van der Waals surface area contributed by atoms with Crippen LogP contribution >= 0.6 is 0 Å². The lowest BCUT2D eigenvalue weighted by molar-refractivity contribution is 0.156. The summed E-state index contributed by atoms with van der Waals surface area (Å²) in [6.45, 7) is 13.6. The van der Waals surface area contributed by atoms with Crippen molar-refractivity contribution in [3.8, 4) is 6.07 Å². The molecule has 160 valence electrons. The second-order valence-corrected chi connectivity index (χ2v) is 10.1. The molecule has 1 aromatic rings. The predicted octanol–water partition coefficient (Wildman–Crippen LogP) is 5.47. The van der Waals surface area contributed by atoms with Crippen molar-refractivity contribution in [2.45, 2.75) is 83.7 Å². The second kappa shape index (κ2) is 10.1. The Balaban J connectivity index is 1.75. The molecule has 2 heterocycles. The topological polar surface area (TPSA) is 30.3 Å². The quantitative estimate of drug-likeness (QED) is 0.555. The minimum absolute atomic E-state index is 0.394. The molecule has 4 rings (SSSR count). The van der Waals surface area contributed by atoms with E-state index in [4.69, 9.17) is 0 Å².